The Morgan fingerprint density at radius 2 is 1.88 bits per heavy atom. The van der Waals surface area contributed by atoms with Gasteiger partial charge in [-0.1, -0.05) is 37.1 Å². The van der Waals surface area contributed by atoms with Crippen LogP contribution < -0.4 is 0 Å². The number of halogens is 1. The lowest BCUT2D eigenvalue weighted by atomic mass is 9.82. The van der Waals surface area contributed by atoms with Crippen LogP contribution in [-0.2, 0) is 16.0 Å². The summed E-state index contributed by atoms with van der Waals surface area (Å²) >= 11 is 0. The predicted octanol–water partition coefficient (Wildman–Crippen LogP) is 3.02. The molecule has 1 aromatic carbocycles. The average Bonchev–Trinajstić information content (AvgIpc) is 3.03. The topological polar surface area (TPSA) is 41.9 Å². The third kappa shape index (κ3) is 3.35. The van der Waals surface area contributed by atoms with Gasteiger partial charge in [0.1, 0.15) is 0 Å². The fraction of sp³-hybridized carbons (Fsp3) is 0.579. The van der Waals surface area contributed by atoms with Gasteiger partial charge in [-0.3, -0.25) is 9.79 Å². The lowest BCUT2D eigenvalue weighted by Gasteiger charge is -2.33. The third-order valence-corrected chi connectivity index (χ3v) is 5.44. The van der Waals surface area contributed by atoms with Crippen molar-refractivity contribution in [2.45, 2.75) is 44.1 Å². The Labute approximate surface area is 149 Å². The van der Waals surface area contributed by atoms with Gasteiger partial charge >= 0.3 is 0 Å². The molecule has 2 fully saturated rings. The average molecular weight is 349 g/mol. The second kappa shape index (κ2) is 7.24. The Kier molecular flexibility index (Phi) is 5.26. The molecule has 0 aromatic heterocycles. The molecule has 1 aromatic rings. The zero-order valence-corrected chi connectivity index (χ0v) is 14.8. The van der Waals surface area contributed by atoms with Gasteiger partial charge < -0.3 is 9.64 Å². The molecule has 1 saturated carbocycles. The Balaban J connectivity index is 0.00000169. The molecule has 0 bridgehead atoms. The number of carbonyl (C=O) groups excluding carboxylic acids is 1. The minimum atomic E-state index is 0. The highest BCUT2D eigenvalue weighted by Gasteiger charge is 2.38. The van der Waals surface area contributed by atoms with Crippen LogP contribution in [0.5, 0.6) is 0 Å². The summed E-state index contributed by atoms with van der Waals surface area (Å²) in [5.41, 5.74) is 3.63. The number of nitrogens with zero attached hydrogens (tertiary/aromatic N) is 2. The molecule has 1 saturated heterocycles. The summed E-state index contributed by atoms with van der Waals surface area (Å²) in [5, 5.41) is 0. The molecular formula is C19H25ClN2O2. The van der Waals surface area contributed by atoms with Crippen molar-refractivity contribution < 1.29 is 9.53 Å². The van der Waals surface area contributed by atoms with E-state index >= 15 is 0 Å². The largest absolute Gasteiger partial charge is 0.378 e. The van der Waals surface area contributed by atoms with Crippen molar-refractivity contribution in [2.24, 2.45) is 4.99 Å². The van der Waals surface area contributed by atoms with Crippen LogP contribution in [0.4, 0.5) is 0 Å². The van der Waals surface area contributed by atoms with E-state index in [-0.39, 0.29) is 23.9 Å². The van der Waals surface area contributed by atoms with Crippen LogP contribution in [0.2, 0.25) is 0 Å². The number of morpholine rings is 1. The van der Waals surface area contributed by atoms with Crippen molar-refractivity contribution in [3.05, 3.63) is 35.4 Å². The van der Waals surface area contributed by atoms with E-state index in [2.05, 4.69) is 24.3 Å². The summed E-state index contributed by atoms with van der Waals surface area (Å²) in [4.78, 5) is 19.7. The SMILES string of the molecule is Cl.O=C(CC1=NC2(CCCC2)Cc2ccccc21)N1CCOCC1. The van der Waals surface area contributed by atoms with E-state index in [1.807, 2.05) is 4.90 Å². The van der Waals surface area contributed by atoms with Crippen molar-refractivity contribution in [1.29, 1.82) is 0 Å². The number of amides is 1. The van der Waals surface area contributed by atoms with E-state index in [9.17, 15) is 4.79 Å². The molecule has 0 unspecified atom stereocenters. The number of hydrogen-bond acceptors (Lipinski definition) is 3. The van der Waals surface area contributed by atoms with Crippen molar-refractivity contribution in [1.82, 2.24) is 4.90 Å². The summed E-state index contributed by atoms with van der Waals surface area (Å²) in [6.07, 6.45) is 6.32. The first kappa shape index (κ1) is 17.4. The van der Waals surface area contributed by atoms with E-state index in [0.717, 1.165) is 25.0 Å². The highest BCUT2D eigenvalue weighted by molar-refractivity contribution is 6.12. The Morgan fingerprint density at radius 3 is 2.62 bits per heavy atom. The maximum atomic E-state index is 12.7. The monoisotopic (exact) mass is 348 g/mol. The van der Waals surface area contributed by atoms with Gasteiger partial charge in [0.05, 0.1) is 30.9 Å². The first-order valence-corrected chi connectivity index (χ1v) is 8.78. The van der Waals surface area contributed by atoms with E-state index in [1.165, 1.54) is 24.0 Å². The molecule has 24 heavy (non-hydrogen) atoms. The molecule has 3 aliphatic rings. The van der Waals surface area contributed by atoms with Gasteiger partial charge in [0.15, 0.2) is 0 Å². The molecule has 130 valence electrons. The zero-order valence-electron chi connectivity index (χ0n) is 14.0. The summed E-state index contributed by atoms with van der Waals surface area (Å²) in [7, 11) is 0. The van der Waals surface area contributed by atoms with Crippen LogP contribution in [-0.4, -0.2) is 48.4 Å². The summed E-state index contributed by atoms with van der Waals surface area (Å²) in [6, 6.07) is 8.50. The molecule has 0 N–H and O–H groups in total. The summed E-state index contributed by atoms with van der Waals surface area (Å²) in [6.45, 7) is 2.72. The van der Waals surface area contributed by atoms with Crippen LogP contribution in [0, 0.1) is 0 Å². The van der Waals surface area contributed by atoms with Crippen LogP contribution in [0.3, 0.4) is 0 Å². The van der Waals surface area contributed by atoms with Crippen molar-refractivity contribution in [3.63, 3.8) is 0 Å². The standard InChI is InChI=1S/C19H24N2O2.ClH/c22-18(21-9-11-23-12-10-21)13-17-16-6-2-1-5-15(16)14-19(20-17)7-3-4-8-19;/h1-2,5-6H,3-4,7-14H2;1H. The molecule has 0 radical (unpaired) electrons. The van der Waals surface area contributed by atoms with Crippen molar-refractivity contribution in [3.8, 4) is 0 Å². The molecule has 5 heteroatoms. The molecule has 0 atom stereocenters. The van der Waals surface area contributed by atoms with Gasteiger partial charge in [0.2, 0.25) is 5.91 Å². The normalized spacial score (nSPS) is 21.8. The number of rotatable bonds is 2. The van der Waals surface area contributed by atoms with Crippen LogP contribution in [0.15, 0.2) is 29.3 Å². The first-order chi connectivity index (χ1) is 11.3. The number of aliphatic imine (C=N–C) groups is 1. The first-order valence-electron chi connectivity index (χ1n) is 8.78. The van der Waals surface area contributed by atoms with E-state index in [4.69, 9.17) is 9.73 Å². The fourth-order valence-corrected chi connectivity index (χ4v) is 4.22. The fourth-order valence-electron chi connectivity index (χ4n) is 4.22. The number of hydrogen-bond donors (Lipinski definition) is 0. The maximum Gasteiger partial charge on any atom is 0.228 e. The number of carbonyl (C=O) groups is 1. The van der Waals surface area contributed by atoms with E-state index in [0.29, 0.717) is 32.7 Å². The van der Waals surface area contributed by atoms with Gasteiger partial charge in [0, 0.05) is 13.1 Å². The minimum absolute atomic E-state index is 0. The second-order valence-corrected chi connectivity index (χ2v) is 6.99. The number of benzene rings is 1. The molecule has 1 amide bonds. The minimum Gasteiger partial charge on any atom is -0.378 e. The Bertz CT molecular complexity index is 632. The van der Waals surface area contributed by atoms with Gasteiger partial charge in [-0.2, -0.15) is 0 Å². The molecule has 4 nitrogen and oxygen atoms in total. The third-order valence-electron chi connectivity index (χ3n) is 5.44. The van der Waals surface area contributed by atoms with Crippen molar-refractivity contribution >= 4 is 24.0 Å². The van der Waals surface area contributed by atoms with Crippen LogP contribution in [0.1, 0.15) is 43.2 Å². The smallest absolute Gasteiger partial charge is 0.228 e. The Hall–Kier alpha value is -1.39. The zero-order chi connectivity index (χ0) is 15.7. The summed E-state index contributed by atoms with van der Waals surface area (Å²) < 4.78 is 5.35. The molecule has 2 heterocycles. The predicted molar refractivity (Wildman–Crippen MR) is 97.1 cm³/mol. The van der Waals surface area contributed by atoms with Crippen LogP contribution >= 0.6 is 12.4 Å². The lowest BCUT2D eigenvalue weighted by Crippen LogP contribution is -2.42. The second-order valence-electron chi connectivity index (χ2n) is 6.99. The molecular weight excluding hydrogens is 324 g/mol. The number of ether oxygens (including phenoxy) is 1. The summed E-state index contributed by atoms with van der Waals surface area (Å²) in [5.74, 6) is 0.192. The highest BCUT2D eigenvalue weighted by atomic mass is 35.5. The highest BCUT2D eigenvalue weighted by Crippen LogP contribution is 2.40. The van der Waals surface area contributed by atoms with Crippen molar-refractivity contribution in [2.75, 3.05) is 26.3 Å². The van der Waals surface area contributed by atoms with Gasteiger partial charge in [-0.05, 0) is 30.4 Å². The molecule has 1 aliphatic carbocycles. The van der Waals surface area contributed by atoms with Gasteiger partial charge in [-0.15, -0.1) is 12.4 Å². The molecule has 1 spiro atoms. The molecule has 4 rings (SSSR count). The molecule has 2 aliphatic heterocycles. The lowest BCUT2D eigenvalue weighted by molar-refractivity contribution is -0.133. The quantitative estimate of drug-likeness (QED) is 0.824. The Morgan fingerprint density at radius 1 is 1.17 bits per heavy atom. The van der Waals surface area contributed by atoms with E-state index in [1.54, 1.807) is 0 Å². The van der Waals surface area contributed by atoms with E-state index < -0.39 is 0 Å². The van der Waals surface area contributed by atoms with Gasteiger partial charge in [-0.25, -0.2) is 0 Å². The number of fused-ring (bicyclic) bond motifs is 1. The van der Waals surface area contributed by atoms with Gasteiger partial charge in [0.25, 0.3) is 0 Å². The van der Waals surface area contributed by atoms with Crippen LogP contribution in [0.25, 0.3) is 0 Å². The maximum absolute atomic E-state index is 12.7.